The minimum Gasteiger partial charge on any atom is -0.465 e. The van der Waals surface area contributed by atoms with Gasteiger partial charge in [-0.2, -0.15) is 0 Å². The van der Waals surface area contributed by atoms with E-state index in [9.17, 15) is 14.4 Å². The molecule has 0 aromatic heterocycles. The molecular formula is C16H21NO5. The molecule has 0 bridgehead atoms. The van der Waals surface area contributed by atoms with Gasteiger partial charge in [0.05, 0.1) is 18.2 Å². The summed E-state index contributed by atoms with van der Waals surface area (Å²) in [5.41, 5.74) is 0.605. The van der Waals surface area contributed by atoms with Gasteiger partial charge >= 0.3 is 11.9 Å². The van der Waals surface area contributed by atoms with Gasteiger partial charge in [-0.05, 0) is 36.6 Å². The zero-order valence-corrected chi connectivity index (χ0v) is 13.0. The number of nitrogens with one attached hydrogen (secondary N) is 1. The number of methoxy groups -OCH3 is 1. The van der Waals surface area contributed by atoms with Gasteiger partial charge in [-0.1, -0.05) is 13.8 Å². The van der Waals surface area contributed by atoms with Crippen LogP contribution in [0.3, 0.4) is 0 Å². The van der Waals surface area contributed by atoms with Crippen LogP contribution in [0.25, 0.3) is 0 Å². The van der Waals surface area contributed by atoms with Crippen LogP contribution in [0.15, 0.2) is 24.3 Å². The summed E-state index contributed by atoms with van der Waals surface area (Å²) < 4.78 is 9.47. The standard InChI is InChI=1S/C16H21NO5/c1-11(2)8-9-17-14(18)10-22-16(20)13-6-4-12(5-7-13)15(19)21-3/h4-7,11H,8-10H2,1-3H3,(H,17,18). The van der Waals surface area contributed by atoms with E-state index in [1.54, 1.807) is 0 Å². The Bertz CT molecular complexity index is 522. The van der Waals surface area contributed by atoms with Gasteiger partial charge in [-0.15, -0.1) is 0 Å². The number of carbonyl (C=O) groups excluding carboxylic acids is 3. The molecule has 0 aliphatic heterocycles. The molecule has 0 spiro atoms. The number of ether oxygens (including phenoxy) is 2. The van der Waals surface area contributed by atoms with Crippen molar-refractivity contribution in [2.45, 2.75) is 20.3 Å². The van der Waals surface area contributed by atoms with Gasteiger partial charge < -0.3 is 14.8 Å². The SMILES string of the molecule is COC(=O)c1ccc(C(=O)OCC(=O)NCCC(C)C)cc1. The largest absolute Gasteiger partial charge is 0.465 e. The first kappa shape index (κ1) is 17.7. The van der Waals surface area contributed by atoms with E-state index in [0.717, 1.165) is 6.42 Å². The molecule has 0 heterocycles. The molecule has 1 rings (SSSR count). The van der Waals surface area contributed by atoms with Crippen molar-refractivity contribution in [1.29, 1.82) is 0 Å². The summed E-state index contributed by atoms with van der Waals surface area (Å²) in [4.78, 5) is 34.5. The van der Waals surface area contributed by atoms with Crippen LogP contribution in [0.5, 0.6) is 0 Å². The summed E-state index contributed by atoms with van der Waals surface area (Å²) in [6.07, 6.45) is 0.870. The second-order valence-corrected chi connectivity index (χ2v) is 5.18. The molecule has 0 atom stereocenters. The number of hydrogen-bond donors (Lipinski definition) is 1. The molecule has 0 saturated heterocycles. The lowest BCUT2D eigenvalue weighted by Gasteiger charge is -2.08. The predicted octanol–water partition coefficient (Wildman–Crippen LogP) is 1.79. The Morgan fingerprint density at radius 3 is 2.09 bits per heavy atom. The summed E-state index contributed by atoms with van der Waals surface area (Å²) in [5, 5.41) is 2.68. The van der Waals surface area contributed by atoms with Crippen LogP contribution in [0.2, 0.25) is 0 Å². The van der Waals surface area contributed by atoms with Crippen LogP contribution in [0.1, 0.15) is 41.0 Å². The number of hydrogen-bond acceptors (Lipinski definition) is 5. The number of rotatable bonds is 7. The van der Waals surface area contributed by atoms with Gasteiger partial charge in [-0.25, -0.2) is 9.59 Å². The lowest BCUT2D eigenvalue weighted by Crippen LogP contribution is -2.30. The summed E-state index contributed by atoms with van der Waals surface area (Å²) in [6, 6.07) is 5.83. The van der Waals surface area contributed by atoms with Crippen LogP contribution in [-0.4, -0.2) is 38.1 Å². The smallest absolute Gasteiger partial charge is 0.338 e. The van der Waals surface area contributed by atoms with Crippen LogP contribution < -0.4 is 5.32 Å². The van der Waals surface area contributed by atoms with E-state index in [4.69, 9.17) is 4.74 Å². The van der Waals surface area contributed by atoms with E-state index in [1.807, 2.05) is 0 Å². The second kappa shape index (κ2) is 8.81. The molecule has 1 amide bonds. The molecule has 6 nitrogen and oxygen atoms in total. The van der Waals surface area contributed by atoms with E-state index in [0.29, 0.717) is 18.0 Å². The van der Waals surface area contributed by atoms with Crippen LogP contribution in [-0.2, 0) is 14.3 Å². The Balaban J connectivity index is 2.42. The lowest BCUT2D eigenvalue weighted by molar-refractivity contribution is -0.124. The van der Waals surface area contributed by atoms with Crippen molar-refractivity contribution in [3.8, 4) is 0 Å². The van der Waals surface area contributed by atoms with Crippen molar-refractivity contribution >= 4 is 17.8 Å². The van der Waals surface area contributed by atoms with E-state index in [1.165, 1.54) is 31.4 Å². The lowest BCUT2D eigenvalue weighted by atomic mass is 10.1. The van der Waals surface area contributed by atoms with E-state index in [-0.39, 0.29) is 18.1 Å². The fourth-order valence-electron chi connectivity index (χ4n) is 1.63. The average molecular weight is 307 g/mol. The molecule has 0 aliphatic carbocycles. The Morgan fingerprint density at radius 1 is 1.05 bits per heavy atom. The monoisotopic (exact) mass is 307 g/mol. The predicted molar refractivity (Wildman–Crippen MR) is 80.5 cm³/mol. The van der Waals surface area contributed by atoms with Gasteiger partial charge in [0.1, 0.15) is 0 Å². The highest BCUT2D eigenvalue weighted by Crippen LogP contribution is 2.07. The number of carbonyl (C=O) groups is 3. The molecule has 0 saturated carbocycles. The molecular weight excluding hydrogens is 286 g/mol. The second-order valence-electron chi connectivity index (χ2n) is 5.18. The maximum absolute atomic E-state index is 11.8. The normalized spacial score (nSPS) is 10.2. The number of benzene rings is 1. The van der Waals surface area contributed by atoms with E-state index >= 15 is 0 Å². The molecule has 0 unspecified atom stereocenters. The summed E-state index contributed by atoms with van der Waals surface area (Å²) in [5.74, 6) is -0.934. The Morgan fingerprint density at radius 2 is 1.59 bits per heavy atom. The fraction of sp³-hybridized carbons (Fsp3) is 0.438. The highest BCUT2D eigenvalue weighted by molar-refractivity contribution is 5.94. The fourth-order valence-corrected chi connectivity index (χ4v) is 1.63. The quantitative estimate of drug-likeness (QED) is 0.777. The van der Waals surface area contributed by atoms with Crippen molar-refractivity contribution < 1.29 is 23.9 Å². The van der Waals surface area contributed by atoms with Gasteiger partial charge in [0.25, 0.3) is 5.91 Å². The first-order valence-corrected chi connectivity index (χ1v) is 7.06. The average Bonchev–Trinajstić information content (AvgIpc) is 2.51. The molecule has 1 N–H and O–H groups in total. The Labute approximate surface area is 129 Å². The topological polar surface area (TPSA) is 81.7 Å². The molecule has 120 valence electrons. The number of esters is 2. The van der Waals surface area contributed by atoms with E-state index < -0.39 is 11.9 Å². The minimum absolute atomic E-state index is 0.266. The maximum Gasteiger partial charge on any atom is 0.338 e. The van der Waals surface area contributed by atoms with Gasteiger partial charge in [0.2, 0.25) is 0 Å². The van der Waals surface area contributed by atoms with Crippen molar-refractivity contribution in [2.75, 3.05) is 20.3 Å². The van der Waals surface area contributed by atoms with Crippen molar-refractivity contribution in [3.63, 3.8) is 0 Å². The third-order valence-corrected chi connectivity index (χ3v) is 2.92. The summed E-state index contributed by atoms with van der Waals surface area (Å²) in [6.45, 7) is 4.35. The van der Waals surface area contributed by atoms with Crippen LogP contribution in [0.4, 0.5) is 0 Å². The third kappa shape index (κ3) is 5.95. The Hall–Kier alpha value is -2.37. The molecule has 1 aromatic rings. The first-order valence-electron chi connectivity index (χ1n) is 7.06. The number of amides is 1. The van der Waals surface area contributed by atoms with Gasteiger partial charge in [-0.3, -0.25) is 4.79 Å². The minimum atomic E-state index is -0.615. The summed E-state index contributed by atoms with van der Waals surface area (Å²) >= 11 is 0. The van der Waals surface area contributed by atoms with Crippen LogP contribution in [0, 0.1) is 5.92 Å². The van der Waals surface area contributed by atoms with Crippen molar-refractivity contribution in [1.82, 2.24) is 5.32 Å². The highest BCUT2D eigenvalue weighted by atomic mass is 16.5. The Kier molecular flexibility index (Phi) is 7.08. The zero-order chi connectivity index (χ0) is 16.5. The molecule has 0 aliphatic rings. The molecule has 1 aromatic carbocycles. The maximum atomic E-state index is 11.8. The molecule has 0 radical (unpaired) electrons. The third-order valence-electron chi connectivity index (χ3n) is 2.92. The molecule has 6 heteroatoms. The van der Waals surface area contributed by atoms with E-state index in [2.05, 4.69) is 23.9 Å². The van der Waals surface area contributed by atoms with Crippen molar-refractivity contribution in [3.05, 3.63) is 35.4 Å². The van der Waals surface area contributed by atoms with Gasteiger partial charge in [0, 0.05) is 6.54 Å². The first-order chi connectivity index (χ1) is 10.4. The van der Waals surface area contributed by atoms with Crippen molar-refractivity contribution in [2.24, 2.45) is 5.92 Å². The molecule has 0 fully saturated rings. The molecule has 22 heavy (non-hydrogen) atoms. The zero-order valence-electron chi connectivity index (χ0n) is 13.0. The van der Waals surface area contributed by atoms with Crippen LogP contribution >= 0.6 is 0 Å². The summed E-state index contributed by atoms with van der Waals surface area (Å²) in [7, 11) is 1.28. The van der Waals surface area contributed by atoms with Gasteiger partial charge in [0.15, 0.2) is 6.61 Å². The highest BCUT2D eigenvalue weighted by Gasteiger charge is 2.11.